The lowest BCUT2D eigenvalue weighted by atomic mass is 10.1. The van der Waals surface area contributed by atoms with Gasteiger partial charge in [0.15, 0.2) is 5.11 Å². The number of anilines is 1. The number of fused-ring (bicyclic) bond motifs is 1. The van der Waals surface area contributed by atoms with Crippen molar-refractivity contribution in [3.05, 3.63) is 82.9 Å². The highest BCUT2D eigenvalue weighted by atomic mass is 35.5. The minimum atomic E-state index is -0.315. The monoisotopic (exact) mass is 437 g/mol. The fourth-order valence-corrected chi connectivity index (χ4v) is 4.20. The van der Waals surface area contributed by atoms with Crippen LogP contribution in [0.15, 0.2) is 66.7 Å². The van der Waals surface area contributed by atoms with Gasteiger partial charge in [-0.1, -0.05) is 41.9 Å². The second-order valence-corrected chi connectivity index (χ2v) is 8.31. The Bertz CT molecular complexity index is 1200. The Morgan fingerprint density at radius 2 is 1.90 bits per heavy atom. The summed E-state index contributed by atoms with van der Waals surface area (Å²) in [5.41, 5.74) is 4.24. The van der Waals surface area contributed by atoms with E-state index in [-0.39, 0.29) is 11.0 Å². The first-order valence-corrected chi connectivity index (χ1v) is 10.4. The minimum absolute atomic E-state index is 0.222. The molecule has 0 unspecified atom stereocenters. The van der Waals surface area contributed by atoms with Crippen molar-refractivity contribution < 1.29 is 4.79 Å². The Balaban J connectivity index is 1.53. The van der Waals surface area contributed by atoms with Gasteiger partial charge in [0, 0.05) is 21.8 Å². The predicted molar refractivity (Wildman–Crippen MR) is 125 cm³/mol. The molecule has 0 saturated carbocycles. The molecule has 144 valence electrons. The molecule has 0 aliphatic carbocycles. The third-order valence-electron chi connectivity index (χ3n) is 4.34. The highest BCUT2D eigenvalue weighted by molar-refractivity contribution is 7.80. The lowest BCUT2D eigenvalue weighted by Crippen LogP contribution is -2.34. The van der Waals surface area contributed by atoms with Crippen LogP contribution in [-0.2, 0) is 0 Å². The van der Waals surface area contributed by atoms with E-state index < -0.39 is 0 Å². The summed E-state index contributed by atoms with van der Waals surface area (Å²) < 4.78 is 1.14. The zero-order valence-corrected chi connectivity index (χ0v) is 17.8. The zero-order chi connectivity index (χ0) is 20.4. The number of nitrogens with one attached hydrogen (secondary N) is 2. The molecule has 1 aromatic heterocycles. The number of benzene rings is 3. The summed E-state index contributed by atoms with van der Waals surface area (Å²) in [5.74, 6) is -0.315. The number of rotatable bonds is 3. The number of aryl methyl sites for hydroxylation is 1. The van der Waals surface area contributed by atoms with E-state index in [1.807, 2.05) is 43.3 Å². The molecule has 4 nitrogen and oxygen atoms in total. The van der Waals surface area contributed by atoms with Crippen LogP contribution >= 0.6 is 35.2 Å². The minimum Gasteiger partial charge on any atom is -0.332 e. The van der Waals surface area contributed by atoms with E-state index >= 15 is 0 Å². The van der Waals surface area contributed by atoms with Crippen molar-refractivity contribution in [2.45, 2.75) is 6.92 Å². The summed E-state index contributed by atoms with van der Waals surface area (Å²) in [5, 5.41) is 7.45. The van der Waals surface area contributed by atoms with Crippen molar-refractivity contribution in [1.29, 1.82) is 0 Å². The summed E-state index contributed by atoms with van der Waals surface area (Å²) in [4.78, 5) is 17.1. The van der Waals surface area contributed by atoms with Gasteiger partial charge < -0.3 is 5.32 Å². The van der Waals surface area contributed by atoms with Gasteiger partial charge in [0.25, 0.3) is 5.91 Å². The van der Waals surface area contributed by atoms with Gasteiger partial charge in [0.05, 0.1) is 10.2 Å². The molecule has 0 bridgehead atoms. The molecule has 0 saturated heterocycles. The number of aromatic nitrogens is 1. The van der Waals surface area contributed by atoms with Gasteiger partial charge in [-0.2, -0.15) is 0 Å². The van der Waals surface area contributed by atoms with Gasteiger partial charge in [0.2, 0.25) is 0 Å². The average Bonchev–Trinajstić information content (AvgIpc) is 3.14. The molecule has 0 radical (unpaired) electrons. The molecule has 0 aliphatic heterocycles. The first kappa shape index (κ1) is 19.5. The number of hydrogen-bond acceptors (Lipinski definition) is 4. The number of carbonyl (C=O) groups excluding carboxylic acids is 1. The molecule has 0 atom stereocenters. The first-order valence-electron chi connectivity index (χ1n) is 8.84. The number of nitrogens with zero attached hydrogens (tertiary/aromatic N) is 1. The van der Waals surface area contributed by atoms with Crippen LogP contribution in [0.25, 0.3) is 20.8 Å². The molecule has 4 rings (SSSR count). The lowest BCUT2D eigenvalue weighted by Gasteiger charge is -2.13. The first-order chi connectivity index (χ1) is 14.0. The Kier molecular flexibility index (Phi) is 5.58. The Hall–Kier alpha value is -2.80. The number of amides is 1. The normalized spacial score (nSPS) is 10.7. The second kappa shape index (κ2) is 8.29. The number of hydrogen-bond donors (Lipinski definition) is 2. The van der Waals surface area contributed by atoms with E-state index in [1.165, 1.54) is 0 Å². The molecular formula is C22H16ClN3OS2. The van der Waals surface area contributed by atoms with Crippen LogP contribution in [0, 0.1) is 6.92 Å². The Morgan fingerprint density at radius 1 is 1.07 bits per heavy atom. The Labute approximate surface area is 182 Å². The third kappa shape index (κ3) is 4.45. The van der Waals surface area contributed by atoms with E-state index in [1.54, 1.807) is 35.6 Å². The van der Waals surface area contributed by atoms with Crippen LogP contribution in [0.2, 0.25) is 5.02 Å². The zero-order valence-electron chi connectivity index (χ0n) is 15.4. The molecule has 0 aliphatic rings. The highest BCUT2D eigenvalue weighted by Crippen LogP contribution is 2.32. The molecule has 29 heavy (non-hydrogen) atoms. The van der Waals surface area contributed by atoms with Crippen molar-refractivity contribution in [3.63, 3.8) is 0 Å². The summed E-state index contributed by atoms with van der Waals surface area (Å²) in [7, 11) is 0. The average molecular weight is 438 g/mol. The molecular weight excluding hydrogens is 422 g/mol. The van der Waals surface area contributed by atoms with Crippen LogP contribution in [-0.4, -0.2) is 16.0 Å². The van der Waals surface area contributed by atoms with Crippen LogP contribution < -0.4 is 10.6 Å². The second-order valence-electron chi connectivity index (χ2n) is 6.44. The van der Waals surface area contributed by atoms with Crippen LogP contribution in [0.4, 0.5) is 5.69 Å². The molecule has 4 aromatic rings. The van der Waals surface area contributed by atoms with Gasteiger partial charge >= 0.3 is 0 Å². The van der Waals surface area contributed by atoms with Crippen molar-refractivity contribution in [1.82, 2.24) is 10.3 Å². The molecule has 0 spiro atoms. The van der Waals surface area contributed by atoms with Gasteiger partial charge in [-0.3, -0.25) is 10.1 Å². The van der Waals surface area contributed by atoms with Crippen LogP contribution in [0.5, 0.6) is 0 Å². The van der Waals surface area contributed by atoms with E-state index in [0.717, 1.165) is 32.0 Å². The molecule has 7 heteroatoms. The SMILES string of the molecule is Cc1ccc(-c2nc3ccccc3s2)cc1NC(=S)NC(=O)c1cccc(Cl)c1. The lowest BCUT2D eigenvalue weighted by molar-refractivity contribution is 0.0977. The quantitative estimate of drug-likeness (QED) is 0.383. The standard InChI is InChI=1S/C22H16ClN3OS2/c1-13-9-10-15(21-24-17-7-2-3-8-19(17)29-21)12-18(13)25-22(28)26-20(27)14-5-4-6-16(23)11-14/h2-12H,1H3,(H2,25,26,27,28). The fraction of sp³-hybridized carbons (Fsp3) is 0.0455. The number of thiocarbonyl (C=S) groups is 1. The van der Waals surface area contributed by atoms with E-state index in [4.69, 9.17) is 28.8 Å². The largest absolute Gasteiger partial charge is 0.332 e. The van der Waals surface area contributed by atoms with Crippen LogP contribution in [0.3, 0.4) is 0 Å². The van der Waals surface area contributed by atoms with Gasteiger partial charge in [-0.25, -0.2) is 4.98 Å². The number of halogens is 1. The molecule has 0 fully saturated rings. The smallest absolute Gasteiger partial charge is 0.257 e. The van der Waals surface area contributed by atoms with Crippen molar-refractivity contribution in [2.75, 3.05) is 5.32 Å². The maximum absolute atomic E-state index is 12.4. The van der Waals surface area contributed by atoms with E-state index in [0.29, 0.717) is 10.6 Å². The molecule has 1 amide bonds. The molecule has 1 heterocycles. The third-order valence-corrected chi connectivity index (χ3v) is 5.87. The van der Waals surface area contributed by atoms with Crippen molar-refractivity contribution >= 4 is 62.1 Å². The maximum Gasteiger partial charge on any atom is 0.257 e. The molecule has 3 aromatic carbocycles. The summed E-state index contributed by atoms with van der Waals surface area (Å²) in [6.45, 7) is 1.98. The van der Waals surface area contributed by atoms with Gasteiger partial charge in [-0.05, 0) is 61.1 Å². The number of para-hydroxylation sites is 1. The number of thiazole rings is 1. The van der Waals surface area contributed by atoms with Crippen LogP contribution in [0.1, 0.15) is 15.9 Å². The van der Waals surface area contributed by atoms with E-state index in [9.17, 15) is 4.79 Å². The van der Waals surface area contributed by atoms with Gasteiger partial charge in [-0.15, -0.1) is 11.3 Å². The summed E-state index contributed by atoms with van der Waals surface area (Å²) in [6, 6.07) is 20.8. The maximum atomic E-state index is 12.4. The summed E-state index contributed by atoms with van der Waals surface area (Å²) >= 11 is 12.9. The predicted octanol–water partition coefficient (Wildman–Crippen LogP) is 6.05. The van der Waals surface area contributed by atoms with Crippen molar-refractivity contribution in [3.8, 4) is 10.6 Å². The van der Waals surface area contributed by atoms with Crippen molar-refractivity contribution in [2.24, 2.45) is 0 Å². The van der Waals surface area contributed by atoms with Gasteiger partial charge in [0.1, 0.15) is 5.01 Å². The number of carbonyl (C=O) groups is 1. The molecule has 2 N–H and O–H groups in total. The fourth-order valence-electron chi connectivity index (χ4n) is 2.84. The summed E-state index contributed by atoms with van der Waals surface area (Å²) in [6.07, 6.45) is 0. The Morgan fingerprint density at radius 3 is 2.69 bits per heavy atom. The topological polar surface area (TPSA) is 54.0 Å². The van der Waals surface area contributed by atoms with E-state index in [2.05, 4.69) is 16.7 Å². The highest BCUT2D eigenvalue weighted by Gasteiger charge is 2.11.